The van der Waals surface area contributed by atoms with Crippen molar-refractivity contribution in [2.24, 2.45) is 0 Å². The fourth-order valence-corrected chi connectivity index (χ4v) is 0. The van der Waals surface area contributed by atoms with Crippen molar-refractivity contribution in [1.29, 1.82) is 0 Å². The Kier molecular flexibility index (Phi) is 17400. The molecule has 0 aromatic carbocycles. The number of hydrogen-bond acceptors (Lipinski definition) is 0. The summed E-state index contributed by atoms with van der Waals surface area (Å²) in [5.41, 5.74) is 0. The summed E-state index contributed by atoms with van der Waals surface area (Å²) in [7, 11) is 0. The third kappa shape index (κ3) is 1500. The van der Waals surface area contributed by atoms with Gasteiger partial charge >= 0.3 is 0 Å². The molecule has 0 saturated heterocycles. The van der Waals surface area contributed by atoms with E-state index in [1.807, 2.05) is 0 Å². The summed E-state index contributed by atoms with van der Waals surface area (Å²) in [6, 6.07) is 0. The molecule has 665 valence electrons. The topological polar surface area (TPSA) is 0 Å². The Morgan fingerprint density at radius 2 is 0.00752 bits per heavy atom. The molecule has 133 heteroatoms. The van der Waals surface area contributed by atoms with Crippen LogP contribution >= 0.6 is 0 Å². The van der Waals surface area contributed by atoms with E-state index in [-0.39, 0.29) is 2470 Å². The third-order valence-corrected chi connectivity index (χ3v) is 0. The molecule has 0 unspecified atom stereocenters. The quantitative estimate of drug-likeness (QED) is 0.313. The first kappa shape index (κ1) is 1530. The molecule has 0 aliphatic heterocycles. The minimum atomic E-state index is 0. The Labute approximate surface area is 2400 Å². The van der Waals surface area contributed by atoms with Crippen LogP contribution in [0.5, 0.6) is 0 Å². The normalized spacial score (nSPS) is 0. The van der Waals surface area contributed by atoms with Crippen LogP contribution in [0.3, 0.4) is 0 Å². The van der Waals surface area contributed by atoms with Crippen LogP contribution in [0.4, 0.5) is 0 Å². The van der Waals surface area contributed by atoms with Gasteiger partial charge in [-0.15, -0.1) is 0 Å². The first-order chi connectivity index (χ1) is 0. The minimum absolute atomic E-state index is 0. The van der Waals surface area contributed by atoms with Gasteiger partial charge in [0.05, 0.1) is 0 Å². The molecule has 0 atom stereocenters. The van der Waals surface area contributed by atoms with Gasteiger partial charge in [0.25, 0.3) is 0 Å². The van der Waals surface area contributed by atoms with Crippen molar-refractivity contribution in [2.75, 3.05) is 0 Å². The van der Waals surface area contributed by atoms with E-state index in [9.17, 15) is 0 Å². The van der Waals surface area contributed by atoms with Crippen LogP contribution in [0, 0.1) is 0 Å². The summed E-state index contributed by atoms with van der Waals surface area (Å²) >= 11 is 0. The van der Waals surface area contributed by atoms with Gasteiger partial charge in [0.1, 0.15) is 0 Å². The molecule has 0 nitrogen and oxygen atoms in total. The molecule has 0 N–H and O–H groups in total. The Bertz CT molecular complexity index is 0. The number of hydrogen-bond donors (Lipinski definition) is 0. The van der Waals surface area contributed by atoms with Gasteiger partial charge in [-0.05, 0) is 0 Å². The fourth-order valence-electron chi connectivity index (χ4n) is 0. The van der Waals surface area contributed by atoms with Gasteiger partial charge in [-0.1, -0.05) is 0 Å². The van der Waals surface area contributed by atoms with E-state index in [0.29, 0.717) is 0 Å². The second-order valence-corrected chi connectivity index (χ2v) is 0. The predicted octanol–water partition coefficient (Wildman–Crippen LogP) is -0.333. The molecule has 133 radical (unpaired) electrons. The van der Waals surface area contributed by atoms with Gasteiger partial charge in [-0.25, -0.2) is 0 Å². The van der Waals surface area contributed by atoms with E-state index < -0.39 is 0 Å². The Balaban J connectivity index is 0. The van der Waals surface area contributed by atoms with Crippen LogP contribution in [-0.4, -0.2) is 0 Å². The largest absolute Gasteiger partial charge is 0 e. The molecule has 133 heavy (non-hydrogen) atoms. The summed E-state index contributed by atoms with van der Waals surface area (Å²) in [6.45, 7) is 0. The molecule has 0 aromatic heterocycles. The van der Waals surface area contributed by atoms with E-state index in [1.54, 1.807) is 0 Å². The fraction of sp³-hybridized carbons (Fsp3) is 0. The monoisotopic (exact) mass is 6780 g/mol. The molecule has 0 aliphatic carbocycles. The van der Waals surface area contributed by atoms with Gasteiger partial charge < -0.3 is 0 Å². The molecule has 0 aliphatic rings. The van der Waals surface area contributed by atoms with Crippen molar-refractivity contribution in [1.82, 2.24) is 0 Å². The Morgan fingerprint density at radius 1 is 0.00752 bits per heavy atom. The van der Waals surface area contributed by atoms with Gasteiger partial charge in [0.15, 0.2) is 0 Å². The molecular weight excluding hydrogens is 6780 g/mol. The van der Waals surface area contributed by atoms with E-state index >= 15 is 0 Å². The SMILES string of the molecule is [V].[V].[V].[V].[V].[V].[V].[V].[V].[V].[V].[V].[V].[V].[V].[V].[V].[V].[V].[V].[V].[V].[V].[V].[V].[V].[V].[V].[V].[V].[V].[V].[V].[V].[V].[V].[V].[V].[V].[V].[V].[V].[V].[V].[V].[V].[V].[V].[V].[V].[V].[V].[V].[V].[V].[V].[V].[V].[V].[V].[V].[V].[V].[V].[V].[V].[V].[V].[V].[V].[V].[V].[V].[V].[V].[V].[V].[V].[V].[V].[V].[V].[V].[V].[V].[V].[V].[V].[V].[V].[V].[V].[V].[V].[V].[V].[V].[V].[V].[V].[V].[V].[V].[V].[V].[V].[V].[V].[V].[V].[V].[V].[V].[V].[V].[V].[V].[V].[V].[V].[V].[V].[V].[V].[V].[V].[V].[V].[V].[V].[V].[V].[V]. The van der Waals surface area contributed by atoms with Crippen LogP contribution < -0.4 is 0 Å². The summed E-state index contributed by atoms with van der Waals surface area (Å²) in [5, 5.41) is 0. The third-order valence-electron chi connectivity index (χ3n) is 0. The molecule has 0 heterocycles. The van der Waals surface area contributed by atoms with Gasteiger partial charge in [0.2, 0.25) is 0 Å². The van der Waals surface area contributed by atoms with Crippen LogP contribution in [-0.2, 0) is 2470 Å². The summed E-state index contributed by atoms with van der Waals surface area (Å²) < 4.78 is 0. The van der Waals surface area contributed by atoms with Crippen LogP contribution in [0.1, 0.15) is 0 Å². The molecule has 0 aromatic rings. The summed E-state index contributed by atoms with van der Waals surface area (Å²) in [5.74, 6) is 0. The van der Waals surface area contributed by atoms with Crippen molar-refractivity contribution in [3.8, 4) is 0 Å². The van der Waals surface area contributed by atoms with Crippen molar-refractivity contribution in [3.05, 3.63) is 0 Å². The first-order valence-corrected chi connectivity index (χ1v) is 0. The van der Waals surface area contributed by atoms with E-state index in [1.165, 1.54) is 0 Å². The zero-order valence-corrected chi connectivity index (χ0v) is 245. The first-order valence-electron chi connectivity index (χ1n) is 0. The molecular formula is V133. The average Bonchev–Trinajstić information content (AvgIpc) is 0. The second-order valence-electron chi connectivity index (χ2n) is 0. The zero-order chi connectivity index (χ0) is 0. The molecule has 0 bridgehead atoms. The maximum absolute atomic E-state index is 0. The summed E-state index contributed by atoms with van der Waals surface area (Å²) in [4.78, 5) is 0. The van der Waals surface area contributed by atoms with Gasteiger partial charge in [0, 0.05) is 2470 Å². The van der Waals surface area contributed by atoms with Crippen LogP contribution in [0.2, 0.25) is 0 Å². The minimum Gasteiger partial charge on any atom is 0 e. The average molecular weight is 6780 g/mol. The zero-order valence-electron chi connectivity index (χ0n) is 59.5. The molecule has 0 fully saturated rings. The standard InChI is InChI=1S/133V. The Morgan fingerprint density at radius 3 is 0.00752 bits per heavy atom. The van der Waals surface area contributed by atoms with Gasteiger partial charge in [-0.3, -0.25) is 0 Å². The van der Waals surface area contributed by atoms with E-state index in [4.69, 9.17) is 0 Å². The molecule has 0 spiro atoms. The van der Waals surface area contributed by atoms with Crippen molar-refractivity contribution in [2.45, 2.75) is 0 Å². The Hall–Kier alpha value is 77.7. The van der Waals surface area contributed by atoms with Crippen molar-refractivity contribution >= 4 is 0 Å². The van der Waals surface area contributed by atoms with Crippen molar-refractivity contribution < 1.29 is 2470 Å². The van der Waals surface area contributed by atoms with Crippen LogP contribution in [0.15, 0.2) is 0 Å². The second kappa shape index (κ2) is 1510. The van der Waals surface area contributed by atoms with E-state index in [0.717, 1.165) is 0 Å². The molecule has 0 rings (SSSR count). The smallest absolute Gasteiger partial charge is 0 e. The van der Waals surface area contributed by atoms with Crippen molar-refractivity contribution in [3.63, 3.8) is 0 Å². The molecule has 0 amide bonds. The maximum Gasteiger partial charge on any atom is 0 e. The number of rotatable bonds is 0. The summed E-state index contributed by atoms with van der Waals surface area (Å²) in [6.07, 6.45) is 0. The van der Waals surface area contributed by atoms with Gasteiger partial charge in [-0.2, -0.15) is 0 Å². The van der Waals surface area contributed by atoms with Crippen LogP contribution in [0.25, 0.3) is 0 Å². The predicted molar refractivity (Wildman–Crippen MR) is 0 cm³/mol. The van der Waals surface area contributed by atoms with E-state index in [2.05, 4.69) is 0 Å². The maximum atomic E-state index is 0. The molecule has 0 saturated carbocycles.